The second-order valence-electron chi connectivity index (χ2n) is 12.0. The third-order valence-electron chi connectivity index (χ3n) is 7.58. The van der Waals surface area contributed by atoms with Crippen molar-refractivity contribution < 1.29 is 24.2 Å². The average molecular weight is 572 g/mol. The Labute approximate surface area is 247 Å². The summed E-state index contributed by atoms with van der Waals surface area (Å²) in [5.41, 5.74) is 8.75. The maximum atomic E-state index is 13.9. The van der Waals surface area contributed by atoms with E-state index in [1.54, 1.807) is 20.8 Å². The number of ether oxygens (including phenoxy) is 1. The molecule has 3 amide bonds. The number of carbonyl (C=O) groups is 3. The number of nitrogens with two attached hydrogens (primary N) is 1. The van der Waals surface area contributed by atoms with Crippen molar-refractivity contribution in [3.8, 4) is 0 Å². The molecule has 42 heavy (non-hydrogen) atoms. The van der Waals surface area contributed by atoms with Gasteiger partial charge in [-0.3, -0.25) is 9.59 Å². The molecule has 1 unspecified atom stereocenters. The van der Waals surface area contributed by atoms with Crippen LogP contribution in [0.25, 0.3) is 0 Å². The van der Waals surface area contributed by atoms with Crippen molar-refractivity contribution in [1.82, 2.24) is 10.6 Å². The summed E-state index contributed by atoms with van der Waals surface area (Å²) in [7, 11) is 0. The van der Waals surface area contributed by atoms with Gasteiger partial charge in [0.1, 0.15) is 5.60 Å². The molecule has 1 aliphatic rings. The zero-order chi connectivity index (χ0) is 30.3. The van der Waals surface area contributed by atoms with Gasteiger partial charge in [0, 0.05) is 5.92 Å². The van der Waals surface area contributed by atoms with E-state index in [9.17, 15) is 19.5 Å². The molecule has 222 valence electrons. The van der Waals surface area contributed by atoms with Gasteiger partial charge in [0.05, 0.1) is 24.1 Å². The molecule has 3 aromatic carbocycles. The minimum atomic E-state index is -1.07. The van der Waals surface area contributed by atoms with Crippen LogP contribution in [0.5, 0.6) is 0 Å². The van der Waals surface area contributed by atoms with Crippen molar-refractivity contribution in [3.63, 3.8) is 0 Å². The van der Waals surface area contributed by atoms with E-state index >= 15 is 0 Å². The Bertz CT molecular complexity index is 1360. The third-order valence-corrected chi connectivity index (χ3v) is 7.58. The Morgan fingerprint density at radius 2 is 1.48 bits per heavy atom. The van der Waals surface area contributed by atoms with Crippen LogP contribution >= 0.6 is 0 Å². The van der Waals surface area contributed by atoms with Gasteiger partial charge in [-0.2, -0.15) is 0 Å². The number of rotatable bonds is 11. The van der Waals surface area contributed by atoms with E-state index < -0.39 is 47.6 Å². The minimum Gasteiger partial charge on any atom is -0.444 e. The van der Waals surface area contributed by atoms with Gasteiger partial charge >= 0.3 is 6.09 Å². The Hall–Kier alpha value is -4.17. The molecule has 0 aromatic heterocycles. The molecule has 0 bridgehead atoms. The molecule has 5 N–H and O–H groups in total. The lowest BCUT2D eigenvalue weighted by atomic mass is 9.88. The van der Waals surface area contributed by atoms with Crippen molar-refractivity contribution in [1.29, 1.82) is 0 Å². The number of hydrogen-bond donors (Lipinski definition) is 4. The van der Waals surface area contributed by atoms with E-state index in [2.05, 4.69) is 10.6 Å². The highest BCUT2D eigenvalue weighted by molar-refractivity contribution is 5.83. The largest absolute Gasteiger partial charge is 0.444 e. The first-order chi connectivity index (χ1) is 20.0. The zero-order valence-electron chi connectivity index (χ0n) is 24.5. The summed E-state index contributed by atoms with van der Waals surface area (Å²) < 4.78 is 5.48. The van der Waals surface area contributed by atoms with Crippen LogP contribution in [0, 0.1) is 11.8 Å². The summed E-state index contributed by atoms with van der Waals surface area (Å²) in [5.74, 6) is -1.97. The molecule has 0 fully saturated rings. The molecule has 5 atom stereocenters. The van der Waals surface area contributed by atoms with Crippen LogP contribution < -0.4 is 16.4 Å². The predicted molar refractivity (Wildman–Crippen MR) is 161 cm³/mol. The van der Waals surface area contributed by atoms with E-state index in [1.165, 1.54) is 0 Å². The second-order valence-corrected chi connectivity index (χ2v) is 12.0. The molecule has 3 aromatic rings. The lowest BCUT2D eigenvalue weighted by Crippen LogP contribution is -2.48. The lowest BCUT2D eigenvalue weighted by molar-refractivity contribution is -0.128. The van der Waals surface area contributed by atoms with Gasteiger partial charge in [-0.15, -0.1) is 0 Å². The molecule has 0 radical (unpaired) electrons. The molecule has 0 saturated carbocycles. The number of benzene rings is 3. The third kappa shape index (κ3) is 8.42. The van der Waals surface area contributed by atoms with Gasteiger partial charge < -0.3 is 26.2 Å². The van der Waals surface area contributed by atoms with Gasteiger partial charge in [0.2, 0.25) is 11.8 Å². The Morgan fingerprint density at radius 3 is 2.07 bits per heavy atom. The fraction of sp³-hybridized carbons (Fsp3) is 0.382. The van der Waals surface area contributed by atoms with Crippen molar-refractivity contribution in [3.05, 3.63) is 107 Å². The second kappa shape index (κ2) is 13.7. The van der Waals surface area contributed by atoms with Crippen molar-refractivity contribution in [2.75, 3.05) is 0 Å². The Balaban J connectivity index is 1.58. The molecule has 0 saturated heterocycles. The molecule has 0 heterocycles. The number of carbonyl (C=O) groups excluding carboxylic acids is 3. The quantitative estimate of drug-likeness (QED) is 0.273. The maximum Gasteiger partial charge on any atom is 0.407 e. The average Bonchev–Trinajstić information content (AvgIpc) is 3.31. The smallest absolute Gasteiger partial charge is 0.407 e. The van der Waals surface area contributed by atoms with E-state index in [-0.39, 0.29) is 12.3 Å². The standard InChI is InChI=1S/C34H41N3O5/c1-34(2,3)42-33(41)36-28(19-23-14-8-5-9-15-23)29(38)21-25(18-22-12-6-4-7-13-22)32(40)37-30-26-17-11-10-16-24(26)20-27(30)31(35)39/h4-17,25,27-30,38H,18-21H2,1-3H3,(H2,35,39)(H,36,41)(H,37,40)/t25-,27-,28+,29+,30?/m1/s1. The molecule has 0 aliphatic heterocycles. The van der Waals surface area contributed by atoms with E-state index in [0.29, 0.717) is 19.3 Å². The van der Waals surface area contributed by atoms with Crippen molar-refractivity contribution in [2.24, 2.45) is 17.6 Å². The number of alkyl carbamates (subject to hydrolysis) is 1. The van der Waals surface area contributed by atoms with Gasteiger partial charge in [-0.05, 0) is 68.7 Å². The highest BCUT2D eigenvalue weighted by Crippen LogP contribution is 2.36. The molecular formula is C34H41N3O5. The summed E-state index contributed by atoms with van der Waals surface area (Å²) in [6.07, 6.45) is -0.464. The van der Waals surface area contributed by atoms with E-state index in [4.69, 9.17) is 10.5 Å². The van der Waals surface area contributed by atoms with Crippen molar-refractivity contribution in [2.45, 2.75) is 70.2 Å². The first kappa shape index (κ1) is 30.8. The summed E-state index contributed by atoms with van der Waals surface area (Å²) in [5, 5.41) is 17.5. The van der Waals surface area contributed by atoms with Gasteiger partial charge in [0.25, 0.3) is 0 Å². The molecule has 8 heteroatoms. The SMILES string of the molecule is CC(C)(C)OC(=O)N[C@@H](Cc1ccccc1)[C@@H](O)C[C@@H](Cc1ccccc1)C(=O)NC1c2ccccc2C[C@H]1C(N)=O. The van der Waals surface area contributed by atoms with Crippen LogP contribution in [0.4, 0.5) is 4.79 Å². The van der Waals surface area contributed by atoms with Gasteiger partial charge in [0.15, 0.2) is 0 Å². The van der Waals surface area contributed by atoms with Crippen molar-refractivity contribution >= 4 is 17.9 Å². The van der Waals surface area contributed by atoms with E-state index in [1.807, 2.05) is 84.9 Å². The normalized spacial score (nSPS) is 18.3. The molecule has 4 rings (SSSR count). The minimum absolute atomic E-state index is 0.0730. The highest BCUT2D eigenvalue weighted by Gasteiger charge is 2.38. The number of hydrogen-bond acceptors (Lipinski definition) is 5. The summed E-state index contributed by atoms with van der Waals surface area (Å²) in [6, 6.07) is 25.5. The van der Waals surface area contributed by atoms with Crippen LogP contribution in [-0.4, -0.2) is 40.8 Å². The Morgan fingerprint density at radius 1 is 0.905 bits per heavy atom. The Kier molecular flexibility index (Phi) is 10.0. The maximum absolute atomic E-state index is 13.9. The topological polar surface area (TPSA) is 131 Å². The number of fused-ring (bicyclic) bond motifs is 1. The van der Waals surface area contributed by atoms with Gasteiger partial charge in [-0.25, -0.2) is 4.79 Å². The number of aliphatic hydroxyl groups excluding tert-OH is 1. The predicted octanol–water partition coefficient (Wildman–Crippen LogP) is 4.25. The lowest BCUT2D eigenvalue weighted by Gasteiger charge is -2.30. The van der Waals surface area contributed by atoms with Crippen LogP contribution in [0.1, 0.15) is 55.5 Å². The van der Waals surface area contributed by atoms with Crippen LogP contribution in [0.3, 0.4) is 0 Å². The first-order valence-electron chi connectivity index (χ1n) is 14.4. The number of nitrogens with one attached hydrogen (secondary N) is 2. The van der Waals surface area contributed by atoms with Crippen LogP contribution in [0.2, 0.25) is 0 Å². The summed E-state index contributed by atoms with van der Waals surface area (Å²) in [4.78, 5) is 39.0. The first-order valence-corrected chi connectivity index (χ1v) is 14.4. The molecular weight excluding hydrogens is 530 g/mol. The molecule has 0 spiro atoms. The monoisotopic (exact) mass is 571 g/mol. The zero-order valence-corrected chi connectivity index (χ0v) is 24.5. The van der Waals surface area contributed by atoms with Gasteiger partial charge in [-0.1, -0.05) is 84.9 Å². The highest BCUT2D eigenvalue weighted by atomic mass is 16.6. The number of aliphatic hydroxyl groups is 1. The molecule has 1 aliphatic carbocycles. The number of amides is 3. The van der Waals surface area contributed by atoms with Crippen LogP contribution in [-0.2, 0) is 33.6 Å². The fourth-order valence-electron chi connectivity index (χ4n) is 5.56. The molecule has 8 nitrogen and oxygen atoms in total. The van der Waals surface area contributed by atoms with E-state index in [0.717, 1.165) is 22.3 Å². The van der Waals surface area contributed by atoms with Crippen LogP contribution in [0.15, 0.2) is 84.9 Å². The summed E-state index contributed by atoms with van der Waals surface area (Å²) >= 11 is 0. The fourth-order valence-corrected chi connectivity index (χ4v) is 5.56. The summed E-state index contributed by atoms with van der Waals surface area (Å²) in [6.45, 7) is 5.32. The number of primary amides is 1.